The molecule has 0 bridgehead atoms. The van der Waals surface area contributed by atoms with Gasteiger partial charge in [0.25, 0.3) is 11.5 Å². The number of carbonyl (C=O) groups excluding carboxylic acids is 1. The van der Waals surface area contributed by atoms with Crippen molar-refractivity contribution < 1.29 is 9.90 Å². The first-order chi connectivity index (χ1) is 13.5. The number of aromatic amines is 1. The monoisotopic (exact) mass is 399 g/mol. The largest absolute Gasteiger partial charge is 0.397 e. The second-order valence-corrected chi connectivity index (χ2v) is 6.40. The van der Waals surface area contributed by atoms with Gasteiger partial charge in [-0.3, -0.25) is 14.6 Å². The molecule has 0 saturated heterocycles. The summed E-state index contributed by atoms with van der Waals surface area (Å²) in [5.74, 6) is -0.652. The molecule has 0 spiro atoms. The minimum atomic E-state index is -0.886. The van der Waals surface area contributed by atoms with E-state index in [0.717, 1.165) is 0 Å². The fourth-order valence-corrected chi connectivity index (χ4v) is 2.78. The van der Waals surface area contributed by atoms with E-state index in [1.807, 2.05) is 0 Å². The maximum atomic E-state index is 12.6. The molecule has 1 unspecified atom stereocenters. The molecule has 1 aromatic carbocycles. The molecule has 1 atom stereocenters. The van der Waals surface area contributed by atoms with Crippen LogP contribution in [0.3, 0.4) is 0 Å². The van der Waals surface area contributed by atoms with Gasteiger partial charge in [-0.25, -0.2) is 0 Å². The van der Waals surface area contributed by atoms with Crippen molar-refractivity contribution in [2.24, 2.45) is 0 Å². The summed E-state index contributed by atoms with van der Waals surface area (Å²) in [6, 6.07) is 9.87. The average molecular weight is 400 g/mol. The van der Waals surface area contributed by atoms with Gasteiger partial charge in [0, 0.05) is 24.0 Å². The Bertz CT molecular complexity index is 1050. The Morgan fingerprint density at radius 1 is 1.29 bits per heavy atom. The maximum Gasteiger partial charge on any atom is 0.263 e. The quantitative estimate of drug-likeness (QED) is 0.432. The number of anilines is 3. The van der Waals surface area contributed by atoms with Gasteiger partial charge in [-0.15, -0.1) is 0 Å². The average Bonchev–Trinajstić information content (AvgIpc) is 2.67. The first-order valence-corrected chi connectivity index (χ1v) is 8.73. The van der Waals surface area contributed by atoms with Gasteiger partial charge in [0.15, 0.2) is 0 Å². The first kappa shape index (κ1) is 19.4. The van der Waals surface area contributed by atoms with E-state index in [1.54, 1.807) is 24.3 Å². The number of aliphatic hydroxyl groups excluding tert-OH is 1. The Morgan fingerprint density at radius 2 is 2.11 bits per heavy atom. The molecular formula is C19H18ClN5O3. The molecule has 144 valence electrons. The van der Waals surface area contributed by atoms with Crippen molar-refractivity contribution in [3.63, 3.8) is 0 Å². The summed E-state index contributed by atoms with van der Waals surface area (Å²) in [4.78, 5) is 31.2. The molecule has 6 N–H and O–H groups in total. The number of aromatic nitrogens is 2. The minimum Gasteiger partial charge on any atom is -0.397 e. The molecule has 0 radical (unpaired) electrons. The van der Waals surface area contributed by atoms with E-state index in [4.69, 9.17) is 17.3 Å². The van der Waals surface area contributed by atoms with Gasteiger partial charge in [0.2, 0.25) is 0 Å². The van der Waals surface area contributed by atoms with Crippen LogP contribution in [0.5, 0.6) is 0 Å². The van der Waals surface area contributed by atoms with Gasteiger partial charge in [0.05, 0.1) is 29.4 Å². The van der Waals surface area contributed by atoms with Crippen molar-refractivity contribution in [3.05, 3.63) is 81.5 Å². The van der Waals surface area contributed by atoms with Crippen LogP contribution in [0.15, 0.2) is 59.8 Å². The number of hydrogen-bond donors (Lipinski definition) is 5. The predicted octanol–water partition coefficient (Wildman–Crippen LogP) is 2.40. The van der Waals surface area contributed by atoms with E-state index < -0.39 is 17.6 Å². The third kappa shape index (κ3) is 4.48. The third-order valence-corrected chi connectivity index (χ3v) is 4.25. The number of nitrogen functional groups attached to an aromatic ring is 1. The standard InChI is InChI=1S/C19H18ClN5O3/c20-12-3-1-2-11(8-12)16(26)10-24-14-5-7-23-18(27)17(14)19(28)25-15-9-22-6-4-13(15)21/h1-9,16,26H,10H2,(H2,21,22)(H,25,28)(H2,23,24,27). The number of aliphatic hydroxyl groups is 1. The van der Waals surface area contributed by atoms with Gasteiger partial charge in [0.1, 0.15) is 5.56 Å². The number of H-pyrrole nitrogens is 1. The summed E-state index contributed by atoms with van der Waals surface area (Å²) in [5, 5.41) is 16.3. The third-order valence-electron chi connectivity index (χ3n) is 4.01. The number of nitrogens with one attached hydrogen (secondary N) is 3. The van der Waals surface area contributed by atoms with Crippen LogP contribution < -0.4 is 21.9 Å². The zero-order valence-electron chi connectivity index (χ0n) is 14.6. The Morgan fingerprint density at radius 3 is 2.86 bits per heavy atom. The van der Waals surface area contributed by atoms with Crippen LogP contribution in [-0.4, -0.2) is 27.5 Å². The van der Waals surface area contributed by atoms with E-state index in [2.05, 4.69) is 20.6 Å². The Labute approximate surface area is 165 Å². The van der Waals surface area contributed by atoms with E-state index in [1.165, 1.54) is 30.7 Å². The summed E-state index contributed by atoms with van der Waals surface area (Å²) in [6.07, 6.45) is 3.40. The summed E-state index contributed by atoms with van der Waals surface area (Å²) in [6.45, 7) is 0.0686. The van der Waals surface area contributed by atoms with Crippen LogP contribution in [0.25, 0.3) is 0 Å². The van der Waals surface area contributed by atoms with Gasteiger partial charge in [-0.1, -0.05) is 23.7 Å². The van der Waals surface area contributed by atoms with Crippen LogP contribution in [0.1, 0.15) is 22.0 Å². The molecule has 28 heavy (non-hydrogen) atoms. The summed E-state index contributed by atoms with van der Waals surface area (Å²) >= 11 is 5.94. The summed E-state index contributed by atoms with van der Waals surface area (Å²) in [7, 11) is 0. The van der Waals surface area contributed by atoms with Crippen molar-refractivity contribution >= 4 is 34.6 Å². The van der Waals surface area contributed by atoms with Crippen LogP contribution in [0.4, 0.5) is 17.1 Å². The zero-order valence-corrected chi connectivity index (χ0v) is 15.4. The lowest BCUT2D eigenvalue weighted by Crippen LogP contribution is -2.26. The van der Waals surface area contributed by atoms with Crippen LogP contribution in [-0.2, 0) is 0 Å². The normalized spacial score (nSPS) is 11.6. The van der Waals surface area contributed by atoms with Crippen LogP contribution >= 0.6 is 11.6 Å². The highest BCUT2D eigenvalue weighted by Crippen LogP contribution is 2.21. The molecule has 0 aliphatic rings. The number of carbonyl (C=O) groups is 1. The number of nitrogens with two attached hydrogens (primary N) is 1. The minimum absolute atomic E-state index is 0.0686. The zero-order chi connectivity index (χ0) is 20.1. The lowest BCUT2D eigenvalue weighted by atomic mass is 10.1. The maximum absolute atomic E-state index is 12.6. The number of benzene rings is 1. The van der Waals surface area contributed by atoms with Crippen LogP contribution in [0, 0.1) is 0 Å². The van der Waals surface area contributed by atoms with E-state index in [9.17, 15) is 14.7 Å². The van der Waals surface area contributed by atoms with Gasteiger partial charge >= 0.3 is 0 Å². The van der Waals surface area contributed by atoms with Gasteiger partial charge < -0.3 is 26.5 Å². The second-order valence-electron chi connectivity index (χ2n) is 5.96. The van der Waals surface area contributed by atoms with E-state index in [0.29, 0.717) is 22.0 Å². The molecule has 2 aromatic heterocycles. The molecule has 3 rings (SSSR count). The SMILES string of the molecule is Nc1ccncc1NC(=O)c1c(NCC(O)c2cccc(Cl)c2)cc[nH]c1=O. The fourth-order valence-electron chi connectivity index (χ4n) is 2.58. The van der Waals surface area contributed by atoms with Crippen molar-refractivity contribution in [1.29, 1.82) is 0 Å². The highest BCUT2D eigenvalue weighted by Gasteiger charge is 2.18. The molecule has 0 saturated carbocycles. The van der Waals surface area contributed by atoms with Crippen molar-refractivity contribution in [2.45, 2.75) is 6.10 Å². The highest BCUT2D eigenvalue weighted by atomic mass is 35.5. The molecule has 0 aliphatic heterocycles. The Hall–Kier alpha value is -3.36. The predicted molar refractivity (Wildman–Crippen MR) is 109 cm³/mol. The Kier molecular flexibility index (Phi) is 5.93. The molecule has 2 heterocycles. The number of pyridine rings is 2. The van der Waals surface area contributed by atoms with Crippen molar-refractivity contribution in [3.8, 4) is 0 Å². The lowest BCUT2D eigenvalue weighted by molar-refractivity contribution is 0.102. The molecule has 8 nitrogen and oxygen atoms in total. The van der Waals surface area contributed by atoms with Gasteiger partial charge in [-0.05, 0) is 29.8 Å². The van der Waals surface area contributed by atoms with Crippen molar-refractivity contribution in [1.82, 2.24) is 9.97 Å². The molecule has 0 aliphatic carbocycles. The molecule has 1 amide bonds. The summed E-state index contributed by atoms with van der Waals surface area (Å²) in [5.41, 5.74) is 6.57. The number of nitrogens with zero attached hydrogens (tertiary/aromatic N) is 1. The van der Waals surface area contributed by atoms with E-state index >= 15 is 0 Å². The number of hydrogen-bond acceptors (Lipinski definition) is 6. The number of amides is 1. The van der Waals surface area contributed by atoms with Gasteiger partial charge in [-0.2, -0.15) is 0 Å². The molecular weight excluding hydrogens is 382 g/mol. The fraction of sp³-hybridized carbons (Fsp3) is 0.105. The number of halogens is 1. The van der Waals surface area contributed by atoms with Crippen molar-refractivity contribution in [2.75, 3.05) is 22.9 Å². The molecule has 3 aromatic rings. The Balaban J connectivity index is 1.79. The highest BCUT2D eigenvalue weighted by molar-refractivity contribution is 6.30. The number of rotatable bonds is 6. The second kappa shape index (κ2) is 8.55. The lowest BCUT2D eigenvalue weighted by Gasteiger charge is -2.15. The molecule has 0 fully saturated rings. The molecule has 9 heteroatoms. The smallest absolute Gasteiger partial charge is 0.263 e. The first-order valence-electron chi connectivity index (χ1n) is 8.35. The van der Waals surface area contributed by atoms with Crippen LogP contribution in [0.2, 0.25) is 5.02 Å². The topological polar surface area (TPSA) is 133 Å². The van der Waals surface area contributed by atoms with E-state index in [-0.39, 0.29) is 17.8 Å². The summed E-state index contributed by atoms with van der Waals surface area (Å²) < 4.78 is 0.